The predicted molar refractivity (Wildman–Crippen MR) is 105 cm³/mol. The third kappa shape index (κ3) is 3.66. The molecule has 0 nitrogen and oxygen atoms in total. The van der Waals surface area contributed by atoms with Gasteiger partial charge in [-0.05, 0) is 85.3 Å². The fourth-order valence-electron chi connectivity index (χ4n) is 4.79. The van der Waals surface area contributed by atoms with Crippen molar-refractivity contribution in [3.05, 3.63) is 34.4 Å². The van der Waals surface area contributed by atoms with Crippen LogP contribution in [0.3, 0.4) is 0 Å². The normalized spacial score (nSPS) is 28.7. The van der Waals surface area contributed by atoms with Crippen LogP contribution in [-0.4, -0.2) is 3.92 Å². The fraction of sp³-hybridized carbons (Fsp3) is 0.714. The molecule has 2 atom stereocenters. The number of halogens is 3. The van der Waals surface area contributed by atoms with Crippen molar-refractivity contribution in [2.24, 2.45) is 17.8 Å². The quantitative estimate of drug-likeness (QED) is 0.353. The predicted octanol–water partition coefficient (Wildman–Crippen LogP) is 6.82. The molecule has 0 spiro atoms. The van der Waals surface area contributed by atoms with Crippen molar-refractivity contribution in [1.29, 1.82) is 0 Å². The molecule has 0 saturated heterocycles. The summed E-state index contributed by atoms with van der Waals surface area (Å²) in [5.41, 5.74) is 2.28. The number of hydrogen-bond donors (Lipinski definition) is 0. The van der Waals surface area contributed by atoms with Gasteiger partial charge in [-0.1, -0.05) is 49.4 Å². The SMILES string of the molecule is CC(C)c1cc2c(c(F)c1F)CC(C1CCC([C@H](C)I)CC1)CC2. The molecule has 24 heavy (non-hydrogen) atoms. The van der Waals surface area contributed by atoms with E-state index >= 15 is 0 Å². The van der Waals surface area contributed by atoms with Crippen LogP contribution >= 0.6 is 22.6 Å². The lowest BCUT2D eigenvalue weighted by Crippen LogP contribution is -2.29. The molecule has 0 bridgehead atoms. The molecule has 1 fully saturated rings. The molecule has 134 valence electrons. The summed E-state index contributed by atoms with van der Waals surface area (Å²) in [5, 5.41) is 0. The summed E-state index contributed by atoms with van der Waals surface area (Å²) >= 11 is 2.55. The molecule has 2 aliphatic rings. The van der Waals surface area contributed by atoms with E-state index in [0.717, 1.165) is 34.7 Å². The maximum atomic E-state index is 14.6. The zero-order valence-electron chi connectivity index (χ0n) is 15.0. The third-order valence-electron chi connectivity index (χ3n) is 6.43. The van der Waals surface area contributed by atoms with E-state index in [4.69, 9.17) is 0 Å². The summed E-state index contributed by atoms with van der Waals surface area (Å²) in [6.07, 6.45) is 7.96. The summed E-state index contributed by atoms with van der Waals surface area (Å²) < 4.78 is 29.8. The molecule has 0 N–H and O–H groups in total. The lowest BCUT2D eigenvalue weighted by atomic mass is 9.69. The Morgan fingerprint density at radius 3 is 2.21 bits per heavy atom. The van der Waals surface area contributed by atoms with Crippen molar-refractivity contribution in [3.8, 4) is 0 Å². The Balaban J connectivity index is 1.74. The van der Waals surface area contributed by atoms with Crippen molar-refractivity contribution in [2.75, 3.05) is 0 Å². The molecular formula is C21H29F2I. The Morgan fingerprint density at radius 2 is 1.62 bits per heavy atom. The first-order valence-electron chi connectivity index (χ1n) is 9.52. The zero-order valence-corrected chi connectivity index (χ0v) is 17.2. The lowest BCUT2D eigenvalue weighted by molar-refractivity contribution is 0.189. The number of aryl methyl sites for hydroxylation is 1. The van der Waals surface area contributed by atoms with E-state index in [1.165, 1.54) is 25.7 Å². The van der Waals surface area contributed by atoms with Crippen LogP contribution in [0.15, 0.2) is 6.07 Å². The molecule has 0 radical (unpaired) electrons. The standard InChI is InChI=1S/C21H29F2I/c1-12(2)18-11-17-9-8-16(10-19(17)21(23)20(18)22)15-6-4-14(5-7-15)13(3)24/h11-16H,4-10H2,1-3H3/t13-,14?,15?,16?/m0/s1. The van der Waals surface area contributed by atoms with E-state index in [-0.39, 0.29) is 5.92 Å². The van der Waals surface area contributed by atoms with Crippen LogP contribution in [0.2, 0.25) is 0 Å². The minimum Gasteiger partial charge on any atom is -0.203 e. The van der Waals surface area contributed by atoms with Gasteiger partial charge in [0.2, 0.25) is 0 Å². The number of fused-ring (bicyclic) bond motifs is 1. The van der Waals surface area contributed by atoms with Gasteiger partial charge in [-0.15, -0.1) is 0 Å². The largest absolute Gasteiger partial charge is 0.203 e. The molecule has 1 aromatic carbocycles. The summed E-state index contributed by atoms with van der Waals surface area (Å²) in [6.45, 7) is 6.18. The second kappa shape index (κ2) is 7.59. The topological polar surface area (TPSA) is 0 Å². The van der Waals surface area contributed by atoms with Gasteiger partial charge < -0.3 is 0 Å². The molecule has 3 rings (SSSR count). The van der Waals surface area contributed by atoms with E-state index in [0.29, 0.717) is 23.0 Å². The van der Waals surface area contributed by atoms with Crippen LogP contribution in [0.25, 0.3) is 0 Å². The van der Waals surface area contributed by atoms with Gasteiger partial charge in [-0.3, -0.25) is 0 Å². The van der Waals surface area contributed by atoms with E-state index < -0.39 is 11.6 Å². The molecule has 1 aromatic rings. The van der Waals surface area contributed by atoms with Crippen molar-refractivity contribution in [2.45, 2.75) is 75.6 Å². The summed E-state index contributed by atoms with van der Waals surface area (Å²) in [5.74, 6) is 0.967. The van der Waals surface area contributed by atoms with Gasteiger partial charge in [-0.2, -0.15) is 0 Å². The minimum absolute atomic E-state index is 0.0352. The highest BCUT2D eigenvalue weighted by molar-refractivity contribution is 14.1. The van der Waals surface area contributed by atoms with Crippen LogP contribution in [-0.2, 0) is 12.8 Å². The highest BCUT2D eigenvalue weighted by Crippen LogP contribution is 2.42. The Kier molecular flexibility index (Phi) is 5.88. The smallest absolute Gasteiger partial charge is 0.162 e. The van der Waals surface area contributed by atoms with Crippen molar-refractivity contribution in [1.82, 2.24) is 0 Å². The van der Waals surface area contributed by atoms with E-state index in [1.807, 2.05) is 19.9 Å². The number of alkyl halides is 1. The monoisotopic (exact) mass is 446 g/mol. The average molecular weight is 446 g/mol. The van der Waals surface area contributed by atoms with E-state index in [9.17, 15) is 8.78 Å². The lowest BCUT2D eigenvalue weighted by Gasteiger charge is -2.37. The van der Waals surface area contributed by atoms with Gasteiger partial charge in [0.25, 0.3) is 0 Å². The Morgan fingerprint density at radius 1 is 0.958 bits per heavy atom. The van der Waals surface area contributed by atoms with Gasteiger partial charge in [0.1, 0.15) is 0 Å². The summed E-state index contributed by atoms with van der Waals surface area (Å²) in [7, 11) is 0. The highest BCUT2D eigenvalue weighted by atomic mass is 127. The maximum absolute atomic E-state index is 14.6. The molecule has 0 amide bonds. The summed E-state index contributed by atoms with van der Waals surface area (Å²) in [6, 6.07) is 1.93. The Hall–Kier alpha value is -0.190. The number of benzene rings is 1. The third-order valence-corrected chi connectivity index (χ3v) is 7.45. The minimum atomic E-state index is -0.605. The second-order valence-corrected chi connectivity index (χ2v) is 10.2. The summed E-state index contributed by atoms with van der Waals surface area (Å²) in [4.78, 5) is 0. The second-order valence-electron chi connectivity index (χ2n) is 8.24. The van der Waals surface area contributed by atoms with Gasteiger partial charge in [0.15, 0.2) is 11.6 Å². The molecule has 1 unspecified atom stereocenters. The fourth-order valence-corrected chi connectivity index (χ4v) is 5.50. The van der Waals surface area contributed by atoms with Gasteiger partial charge >= 0.3 is 0 Å². The Bertz CT molecular complexity index is 586. The van der Waals surface area contributed by atoms with Crippen LogP contribution in [0.4, 0.5) is 8.78 Å². The Labute approximate surface area is 158 Å². The zero-order chi connectivity index (χ0) is 17.4. The van der Waals surface area contributed by atoms with Crippen LogP contribution in [0.1, 0.15) is 75.5 Å². The van der Waals surface area contributed by atoms with Gasteiger partial charge in [-0.25, -0.2) is 8.78 Å². The molecule has 0 aromatic heterocycles. The number of hydrogen-bond acceptors (Lipinski definition) is 0. The molecule has 0 aliphatic heterocycles. The first-order valence-corrected chi connectivity index (χ1v) is 10.8. The number of rotatable bonds is 3. The molecular weight excluding hydrogens is 417 g/mol. The van der Waals surface area contributed by atoms with Gasteiger partial charge in [0, 0.05) is 3.92 Å². The first kappa shape index (κ1) is 18.6. The molecule has 3 heteroatoms. The maximum Gasteiger partial charge on any atom is 0.162 e. The van der Waals surface area contributed by atoms with Crippen molar-refractivity contribution < 1.29 is 8.78 Å². The molecule has 1 saturated carbocycles. The van der Waals surface area contributed by atoms with E-state index in [1.54, 1.807) is 0 Å². The van der Waals surface area contributed by atoms with Gasteiger partial charge in [0.05, 0.1) is 0 Å². The average Bonchev–Trinajstić information content (AvgIpc) is 2.57. The molecule has 2 aliphatic carbocycles. The first-order chi connectivity index (χ1) is 11.4. The van der Waals surface area contributed by atoms with Crippen LogP contribution in [0.5, 0.6) is 0 Å². The van der Waals surface area contributed by atoms with Crippen molar-refractivity contribution in [3.63, 3.8) is 0 Å². The molecule has 0 heterocycles. The van der Waals surface area contributed by atoms with E-state index in [2.05, 4.69) is 29.5 Å². The van der Waals surface area contributed by atoms with Crippen molar-refractivity contribution >= 4 is 22.6 Å². The van der Waals surface area contributed by atoms with Crippen LogP contribution < -0.4 is 0 Å². The highest BCUT2D eigenvalue weighted by Gasteiger charge is 2.33. The van der Waals surface area contributed by atoms with Crippen LogP contribution in [0, 0.1) is 29.4 Å².